The number of nitrogens with zero attached hydrogens (tertiary/aromatic N) is 3. The van der Waals surface area contributed by atoms with Crippen LogP contribution in [0.3, 0.4) is 0 Å². The molecule has 0 saturated heterocycles. The van der Waals surface area contributed by atoms with Crippen LogP contribution in [0.4, 0.5) is 16.2 Å². The van der Waals surface area contributed by atoms with E-state index in [1.54, 1.807) is 46.1 Å². The molecule has 0 aliphatic carbocycles. The fraction of sp³-hybridized carbons (Fsp3) is 0.353. The predicted octanol–water partition coefficient (Wildman–Crippen LogP) is 2.62. The van der Waals surface area contributed by atoms with Crippen LogP contribution < -0.4 is 16.4 Å². The fourth-order valence-electron chi connectivity index (χ4n) is 2.36. The molecule has 140 valence electrons. The number of amides is 2. The molecule has 1 heterocycles. The molecule has 0 radical (unpaired) electrons. The third-order valence-electron chi connectivity index (χ3n) is 3.38. The molecule has 4 N–H and O–H groups in total. The van der Waals surface area contributed by atoms with Crippen molar-refractivity contribution in [2.45, 2.75) is 32.4 Å². The summed E-state index contributed by atoms with van der Waals surface area (Å²) in [6, 6.07) is 4.96. The summed E-state index contributed by atoms with van der Waals surface area (Å²) in [4.78, 5) is 26.2. The highest BCUT2D eigenvalue weighted by Crippen LogP contribution is 2.34. The zero-order valence-corrected chi connectivity index (χ0v) is 15.8. The van der Waals surface area contributed by atoms with E-state index in [2.05, 4.69) is 5.10 Å². The molecule has 1 aromatic carbocycles. The maximum absolute atomic E-state index is 12.9. The van der Waals surface area contributed by atoms with E-state index in [4.69, 9.17) is 27.8 Å². The van der Waals surface area contributed by atoms with Crippen molar-refractivity contribution in [2.24, 2.45) is 12.8 Å². The van der Waals surface area contributed by atoms with Crippen LogP contribution in [0.2, 0.25) is 5.02 Å². The minimum absolute atomic E-state index is 0.209. The third kappa shape index (κ3) is 4.45. The Kier molecular flexibility index (Phi) is 5.46. The summed E-state index contributed by atoms with van der Waals surface area (Å²) in [5.41, 5.74) is 11.6. The van der Waals surface area contributed by atoms with Crippen LogP contribution >= 0.6 is 11.6 Å². The Bertz CT molecular complexity index is 828. The molecular weight excluding hydrogens is 358 g/mol. The van der Waals surface area contributed by atoms with Crippen LogP contribution in [0.1, 0.15) is 32.5 Å². The fourth-order valence-corrected chi connectivity index (χ4v) is 2.53. The van der Waals surface area contributed by atoms with Gasteiger partial charge in [0.25, 0.3) is 0 Å². The Balaban J connectivity index is 2.63. The molecular formula is C17H22ClN5O3. The maximum atomic E-state index is 12.9. The number of benzene rings is 1. The summed E-state index contributed by atoms with van der Waals surface area (Å²) in [6.07, 6.45) is 0.848. The molecule has 8 nitrogen and oxygen atoms in total. The summed E-state index contributed by atoms with van der Waals surface area (Å²) in [6.45, 7) is 5.14. The van der Waals surface area contributed by atoms with Crippen LogP contribution in [0.25, 0.3) is 0 Å². The van der Waals surface area contributed by atoms with Crippen molar-refractivity contribution in [2.75, 3.05) is 10.6 Å². The van der Waals surface area contributed by atoms with E-state index >= 15 is 0 Å². The minimum Gasteiger partial charge on any atom is -0.443 e. The molecule has 1 unspecified atom stereocenters. The Morgan fingerprint density at radius 2 is 1.96 bits per heavy atom. The first-order valence-corrected chi connectivity index (χ1v) is 8.23. The van der Waals surface area contributed by atoms with Crippen LogP contribution in [0, 0.1) is 0 Å². The average Bonchev–Trinajstić information content (AvgIpc) is 2.91. The van der Waals surface area contributed by atoms with E-state index in [1.807, 2.05) is 0 Å². The number of primary amides is 1. The van der Waals surface area contributed by atoms with Crippen molar-refractivity contribution >= 4 is 35.0 Å². The van der Waals surface area contributed by atoms with Crippen LogP contribution in [-0.4, -0.2) is 27.4 Å². The molecule has 0 saturated carbocycles. The Morgan fingerprint density at radius 1 is 1.31 bits per heavy atom. The van der Waals surface area contributed by atoms with Gasteiger partial charge in [0.15, 0.2) is 6.04 Å². The number of anilines is 2. The van der Waals surface area contributed by atoms with Gasteiger partial charge in [0.05, 0.1) is 17.1 Å². The lowest BCUT2D eigenvalue weighted by Crippen LogP contribution is -2.45. The highest BCUT2D eigenvalue weighted by molar-refractivity contribution is 6.31. The number of halogens is 1. The second kappa shape index (κ2) is 7.25. The lowest BCUT2D eigenvalue weighted by atomic mass is 10.1. The number of aryl methyl sites for hydroxylation is 1. The Morgan fingerprint density at radius 3 is 2.46 bits per heavy atom. The van der Waals surface area contributed by atoms with E-state index in [9.17, 15) is 9.59 Å². The molecule has 0 fully saturated rings. The number of aromatic nitrogens is 2. The van der Waals surface area contributed by atoms with Crippen molar-refractivity contribution in [1.82, 2.24) is 9.78 Å². The SMILES string of the molecule is Cn1ccc(C(C(N)=O)N(C(=O)OC(C)(C)C)c2cc(Cl)ccc2N)n1. The summed E-state index contributed by atoms with van der Waals surface area (Å²) in [5.74, 6) is -0.783. The van der Waals surface area contributed by atoms with Crippen molar-refractivity contribution in [1.29, 1.82) is 0 Å². The number of nitrogens with two attached hydrogens (primary N) is 2. The lowest BCUT2D eigenvalue weighted by molar-refractivity contribution is -0.119. The van der Waals surface area contributed by atoms with Crippen LogP contribution in [0.5, 0.6) is 0 Å². The van der Waals surface area contributed by atoms with E-state index in [0.717, 1.165) is 4.90 Å². The van der Waals surface area contributed by atoms with E-state index in [1.165, 1.54) is 16.8 Å². The maximum Gasteiger partial charge on any atom is 0.415 e. The van der Waals surface area contributed by atoms with Gasteiger partial charge in [-0.05, 0) is 45.0 Å². The summed E-state index contributed by atoms with van der Waals surface area (Å²) < 4.78 is 6.95. The molecule has 26 heavy (non-hydrogen) atoms. The Labute approximate surface area is 156 Å². The zero-order valence-electron chi connectivity index (χ0n) is 15.1. The molecule has 1 aromatic heterocycles. The first kappa shape index (κ1) is 19.6. The first-order chi connectivity index (χ1) is 12.0. The van der Waals surface area contributed by atoms with Gasteiger partial charge in [-0.25, -0.2) is 4.79 Å². The zero-order chi connectivity index (χ0) is 19.6. The number of hydrogen-bond acceptors (Lipinski definition) is 5. The third-order valence-corrected chi connectivity index (χ3v) is 3.62. The first-order valence-electron chi connectivity index (χ1n) is 7.85. The molecule has 1 atom stereocenters. The standard InChI is InChI=1S/C17H22ClN5O3/c1-17(2,3)26-16(25)23(13-9-10(18)5-6-11(13)19)14(15(20)24)12-7-8-22(4)21-12/h5-9,14H,19H2,1-4H3,(H2,20,24). The van der Waals surface area contributed by atoms with E-state index < -0.39 is 23.6 Å². The van der Waals surface area contributed by atoms with Crippen molar-refractivity contribution in [3.63, 3.8) is 0 Å². The highest BCUT2D eigenvalue weighted by atomic mass is 35.5. The molecule has 0 spiro atoms. The van der Waals surface area contributed by atoms with Gasteiger partial charge < -0.3 is 16.2 Å². The van der Waals surface area contributed by atoms with Gasteiger partial charge >= 0.3 is 6.09 Å². The van der Waals surface area contributed by atoms with Gasteiger partial charge in [-0.1, -0.05) is 11.6 Å². The largest absolute Gasteiger partial charge is 0.443 e. The molecule has 9 heteroatoms. The highest BCUT2D eigenvalue weighted by Gasteiger charge is 2.37. The number of hydrogen-bond donors (Lipinski definition) is 2. The van der Waals surface area contributed by atoms with Gasteiger partial charge in [0, 0.05) is 18.3 Å². The summed E-state index contributed by atoms with van der Waals surface area (Å²) in [7, 11) is 1.69. The normalized spacial score (nSPS) is 12.5. The van der Waals surface area contributed by atoms with Gasteiger partial charge in [0.1, 0.15) is 5.60 Å². The van der Waals surface area contributed by atoms with Crippen LogP contribution in [-0.2, 0) is 16.6 Å². The van der Waals surface area contributed by atoms with Crippen molar-refractivity contribution < 1.29 is 14.3 Å². The molecule has 2 aromatic rings. The topological polar surface area (TPSA) is 116 Å². The monoisotopic (exact) mass is 379 g/mol. The van der Waals surface area contributed by atoms with Gasteiger partial charge in [-0.2, -0.15) is 5.10 Å². The van der Waals surface area contributed by atoms with Crippen LogP contribution in [0.15, 0.2) is 30.5 Å². The van der Waals surface area contributed by atoms with E-state index in [0.29, 0.717) is 5.02 Å². The summed E-state index contributed by atoms with van der Waals surface area (Å²) in [5, 5.41) is 4.54. The number of carbonyl (C=O) groups is 2. The van der Waals surface area contributed by atoms with Gasteiger partial charge in [-0.3, -0.25) is 14.4 Å². The van der Waals surface area contributed by atoms with Crippen molar-refractivity contribution in [3.05, 3.63) is 41.2 Å². The lowest BCUT2D eigenvalue weighted by Gasteiger charge is -2.32. The average molecular weight is 380 g/mol. The van der Waals surface area contributed by atoms with Gasteiger partial charge in [0.2, 0.25) is 5.91 Å². The second-order valence-electron chi connectivity index (χ2n) is 6.77. The predicted molar refractivity (Wildman–Crippen MR) is 99.7 cm³/mol. The minimum atomic E-state index is -1.22. The smallest absolute Gasteiger partial charge is 0.415 e. The number of carbonyl (C=O) groups excluding carboxylic acids is 2. The summed E-state index contributed by atoms with van der Waals surface area (Å²) >= 11 is 6.06. The number of rotatable bonds is 4. The van der Waals surface area contributed by atoms with E-state index in [-0.39, 0.29) is 17.1 Å². The molecule has 0 aliphatic rings. The molecule has 0 bridgehead atoms. The number of ether oxygens (including phenoxy) is 1. The van der Waals surface area contributed by atoms with Gasteiger partial charge in [-0.15, -0.1) is 0 Å². The Hall–Kier alpha value is -2.74. The number of nitrogen functional groups attached to an aromatic ring is 1. The quantitative estimate of drug-likeness (QED) is 0.792. The molecule has 0 aliphatic heterocycles. The second-order valence-corrected chi connectivity index (χ2v) is 7.21. The molecule has 2 amide bonds. The molecule has 2 rings (SSSR count). The van der Waals surface area contributed by atoms with Crippen molar-refractivity contribution in [3.8, 4) is 0 Å².